The SMILES string of the molecule is Fc1cc(Cl)c(-c2ccnc(C(F)F)c2)c(Cl)c1. The summed E-state index contributed by atoms with van der Waals surface area (Å²) in [7, 11) is 0. The lowest BCUT2D eigenvalue weighted by Gasteiger charge is -2.08. The summed E-state index contributed by atoms with van der Waals surface area (Å²) < 4.78 is 38.1. The van der Waals surface area contributed by atoms with Crippen molar-refractivity contribution < 1.29 is 13.2 Å². The van der Waals surface area contributed by atoms with Gasteiger partial charge in [0.2, 0.25) is 0 Å². The van der Waals surface area contributed by atoms with E-state index in [1.165, 1.54) is 18.3 Å². The van der Waals surface area contributed by atoms with Crippen LogP contribution in [-0.2, 0) is 0 Å². The molecular weight excluding hydrogens is 286 g/mol. The molecule has 94 valence electrons. The van der Waals surface area contributed by atoms with Crippen LogP contribution in [0.3, 0.4) is 0 Å². The first-order chi connectivity index (χ1) is 8.49. The van der Waals surface area contributed by atoms with Crippen molar-refractivity contribution in [3.05, 3.63) is 52.0 Å². The number of nitrogens with zero attached hydrogens (tertiary/aromatic N) is 1. The summed E-state index contributed by atoms with van der Waals surface area (Å²) in [6.07, 6.45) is -1.46. The van der Waals surface area contributed by atoms with Gasteiger partial charge in [-0.25, -0.2) is 13.2 Å². The van der Waals surface area contributed by atoms with Gasteiger partial charge < -0.3 is 0 Å². The van der Waals surface area contributed by atoms with Crippen LogP contribution in [0.25, 0.3) is 11.1 Å². The Kier molecular flexibility index (Phi) is 3.78. The van der Waals surface area contributed by atoms with Gasteiger partial charge in [0.05, 0.1) is 10.0 Å². The monoisotopic (exact) mass is 291 g/mol. The maximum Gasteiger partial charge on any atom is 0.280 e. The van der Waals surface area contributed by atoms with E-state index >= 15 is 0 Å². The highest BCUT2D eigenvalue weighted by atomic mass is 35.5. The number of benzene rings is 1. The zero-order chi connectivity index (χ0) is 13.3. The number of rotatable bonds is 2. The average molecular weight is 292 g/mol. The Morgan fingerprint density at radius 3 is 2.22 bits per heavy atom. The maximum absolute atomic E-state index is 13.0. The number of alkyl halides is 2. The smallest absolute Gasteiger partial charge is 0.255 e. The molecule has 0 radical (unpaired) electrons. The second-order valence-electron chi connectivity index (χ2n) is 3.51. The fraction of sp³-hybridized carbons (Fsp3) is 0.0833. The minimum Gasteiger partial charge on any atom is -0.255 e. The third kappa shape index (κ3) is 2.60. The molecule has 2 aromatic rings. The number of pyridine rings is 1. The Morgan fingerprint density at radius 2 is 1.67 bits per heavy atom. The van der Waals surface area contributed by atoms with Crippen molar-refractivity contribution in [2.75, 3.05) is 0 Å². The van der Waals surface area contributed by atoms with Gasteiger partial charge in [0, 0.05) is 11.8 Å². The molecule has 0 spiro atoms. The summed E-state index contributed by atoms with van der Waals surface area (Å²) in [6.45, 7) is 0. The van der Waals surface area contributed by atoms with Crippen LogP contribution in [0.1, 0.15) is 12.1 Å². The van der Waals surface area contributed by atoms with Crippen molar-refractivity contribution >= 4 is 23.2 Å². The van der Waals surface area contributed by atoms with Crippen LogP contribution in [0, 0.1) is 5.82 Å². The fourth-order valence-corrected chi connectivity index (χ4v) is 2.22. The predicted octanol–water partition coefficient (Wildman–Crippen LogP) is 5.13. The molecule has 0 bridgehead atoms. The second-order valence-corrected chi connectivity index (χ2v) is 4.33. The van der Waals surface area contributed by atoms with Crippen LogP contribution >= 0.6 is 23.2 Å². The molecule has 0 aliphatic carbocycles. The van der Waals surface area contributed by atoms with E-state index in [9.17, 15) is 13.2 Å². The quantitative estimate of drug-likeness (QED) is 0.747. The molecule has 1 aromatic carbocycles. The van der Waals surface area contributed by atoms with Crippen LogP contribution in [0.4, 0.5) is 13.2 Å². The Hall–Kier alpha value is -1.26. The van der Waals surface area contributed by atoms with Gasteiger partial charge in [-0.1, -0.05) is 23.2 Å². The van der Waals surface area contributed by atoms with Crippen LogP contribution < -0.4 is 0 Å². The lowest BCUT2D eigenvalue weighted by molar-refractivity contribution is 0.146. The third-order valence-corrected chi connectivity index (χ3v) is 2.90. The molecule has 0 aliphatic heterocycles. The largest absolute Gasteiger partial charge is 0.280 e. The molecular formula is C12H6Cl2F3N. The maximum atomic E-state index is 13.0. The summed E-state index contributed by atoms with van der Waals surface area (Å²) in [4.78, 5) is 3.53. The first-order valence-electron chi connectivity index (χ1n) is 4.88. The van der Waals surface area contributed by atoms with Gasteiger partial charge in [0.15, 0.2) is 0 Å². The molecule has 0 fully saturated rings. The number of aromatic nitrogens is 1. The Bertz CT molecular complexity index is 564. The molecule has 0 unspecified atom stereocenters. The molecule has 0 amide bonds. The Balaban J connectivity index is 2.59. The molecule has 18 heavy (non-hydrogen) atoms. The second kappa shape index (κ2) is 5.16. The highest BCUT2D eigenvalue weighted by molar-refractivity contribution is 6.39. The van der Waals surface area contributed by atoms with E-state index < -0.39 is 12.2 Å². The van der Waals surface area contributed by atoms with Gasteiger partial charge in [-0.15, -0.1) is 0 Å². The Labute approximate surface area is 111 Å². The van der Waals surface area contributed by atoms with Crippen molar-refractivity contribution in [2.45, 2.75) is 6.43 Å². The first kappa shape index (κ1) is 13.2. The summed E-state index contributed by atoms with van der Waals surface area (Å²) in [6, 6.07) is 4.81. The molecule has 1 nitrogen and oxygen atoms in total. The van der Waals surface area contributed by atoms with Crippen LogP contribution in [0.15, 0.2) is 30.5 Å². The van der Waals surface area contributed by atoms with Crippen molar-refractivity contribution in [3.63, 3.8) is 0 Å². The number of hydrogen-bond acceptors (Lipinski definition) is 1. The highest BCUT2D eigenvalue weighted by Crippen LogP contribution is 2.36. The van der Waals surface area contributed by atoms with Crippen molar-refractivity contribution in [1.82, 2.24) is 4.98 Å². The number of hydrogen-bond donors (Lipinski definition) is 0. The zero-order valence-electron chi connectivity index (χ0n) is 8.80. The molecule has 0 N–H and O–H groups in total. The summed E-state index contributed by atoms with van der Waals surface area (Å²) in [5, 5.41) is 0.123. The lowest BCUT2D eigenvalue weighted by Crippen LogP contribution is -1.91. The summed E-state index contributed by atoms with van der Waals surface area (Å²) >= 11 is 11.7. The van der Waals surface area contributed by atoms with Gasteiger partial charge in [-0.3, -0.25) is 4.98 Å². The standard InChI is InChI=1S/C12H6Cl2F3N/c13-8-4-7(15)5-9(14)11(8)6-1-2-18-10(3-6)12(16)17/h1-5,12H. The van der Waals surface area contributed by atoms with E-state index in [1.807, 2.05) is 0 Å². The zero-order valence-corrected chi connectivity index (χ0v) is 10.3. The van der Waals surface area contributed by atoms with Gasteiger partial charge >= 0.3 is 0 Å². The highest BCUT2D eigenvalue weighted by Gasteiger charge is 2.14. The van der Waals surface area contributed by atoms with Gasteiger partial charge in [-0.2, -0.15) is 0 Å². The Morgan fingerprint density at radius 1 is 1.06 bits per heavy atom. The predicted molar refractivity (Wildman–Crippen MR) is 64.6 cm³/mol. The van der Waals surface area contributed by atoms with E-state index in [-0.39, 0.29) is 15.7 Å². The topological polar surface area (TPSA) is 12.9 Å². The molecule has 0 atom stereocenters. The van der Waals surface area contributed by atoms with Crippen molar-refractivity contribution in [3.8, 4) is 11.1 Å². The lowest BCUT2D eigenvalue weighted by atomic mass is 10.1. The van der Waals surface area contributed by atoms with Crippen molar-refractivity contribution in [2.24, 2.45) is 0 Å². The molecule has 6 heteroatoms. The van der Waals surface area contributed by atoms with E-state index in [0.717, 1.165) is 12.1 Å². The van der Waals surface area contributed by atoms with E-state index in [2.05, 4.69) is 4.98 Å². The first-order valence-corrected chi connectivity index (χ1v) is 5.63. The fourth-order valence-electron chi connectivity index (χ4n) is 1.54. The van der Waals surface area contributed by atoms with E-state index in [1.54, 1.807) is 0 Å². The van der Waals surface area contributed by atoms with Gasteiger partial charge in [0.1, 0.15) is 11.5 Å². The summed E-state index contributed by atoms with van der Waals surface area (Å²) in [5.74, 6) is -0.586. The molecule has 1 heterocycles. The summed E-state index contributed by atoms with van der Waals surface area (Å²) in [5.41, 5.74) is 0.295. The minimum absolute atomic E-state index is 0.0615. The minimum atomic E-state index is -2.69. The normalized spacial score (nSPS) is 11.0. The average Bonchev–Trinajstić information content (AvgIpc) is 2.28. The molecule has 0 aliphatic rings. The van der Waals surface area contributed by atoms with Crippen LogP contribution in [0.5, 0.6) is 0 Å². The van der Waals surface area contributed by atoms with Crippen LogP contribution in [-0.4, -0.2) is 4.98 Å². The number of halogens is 5. The van der Waals surface area contributed by atoms with Crippen molar-refractivity contribution in [1.29, 1.82) is 0 Å². The third-order valence-electron chi connectivity index (χ3n) is 2.30. The molecule has 0 saturated carbocycles. The van der Waals surface area contributed by atoms with Crippen LogP contribution in [0.2, 0.25) is 10.0 Å². The van der Waals surface area contributed by atoms with Gasteiger partial charge in [0.25, 0.3) is 6.43 Å². The molecule has 2 rings (SSSR count). The molecule has 0 saturated heterocycles. The molecule has 1 aromatic heterocycles. The van der Waals surface area contributed by atoms with E-state index in [4.69, 9.17) is 23.2 Å². The van der Waals surface area contributed by atoms with Gasteiger partial charge in [-0.05, 0) is 29.8 Å². The van der Waals surface area contributed by atoms with E-state index in [0.29, 0.717) is 11.1 Å².